The molecule has 1 aliphatic heterocycles. The van der Waals surface area contributed by atoms with Gasteiger partial charge in [-0.15, -0.1) is 0 Å². The molecule has 0 amide bonds. The van der Waals surface area contributed by atoms with Crippen LogP contribution < -0.4 is 5.32 Å². The van der Waals surface area contributed by atoms with Gasteiger partial charge in [0, 0.05) is 18.0 Å². The summed E-state index contributed by atoms with van der Waals surface area (Å²) in [6.45, 7) is 7.33. The first kappa shape index (κ1) is 10.3. The SMILES string of the molecule is CC1NCc2nc(C=O)ccc2C1(C)C. The van der Waals surface area contributed by atoms with Gasteiger partial charge in [0.25, 0.3) is 0 Å². The Morgan fingerprint density at radius 2 is 2.27 bits per heavy atom. The van der Waals surface area contributed by atoms with Gasteiger partial charge < -0.3 is 5.32 Å². The minimum Gasteiger partial charge on any atom is -0.308 e. The van der Waals surface area contributed by atoms with E-state index in [1.807, 2.05) is 6.07 Å². The molecule has 0 radical (unpaired) electrons. The van der Waals surface area contributed by atoms with Crippen molar-refractivity contribution in [2.45, 2.75) is 38.8 Å². The van der Waals surface area contributed by atoms with Gasteiger partial charge in [0.05, 0.1) is 5.69 Å². The van der Waals surface area contributed by atoms with Gasteiger partial charge in [0.15, 0.2) is 6.29 Å². The Labute approximate surface area is 89.9 Å². The summed E-state index contributed by atoms with van der Waals surface area (Å²) in [4.78, 5) is 15.0. The lowest BCUT2D eigenvalue weighted by Gasteiger charge is -2.38. The molecule has 3 heteroatoms. The van der Waals surface area contributed by atoms with Crippen molar-refractivity contribution in [2.24, 2.45) is 0 Å². The summed E-state index contributed by atoms with van der Waals surface area (Å²) in [5, 5.41) is 3.40. The summed E-state index contributed by atoms with van der Waals surface area (Å²) in [5.41, 5.74) is 2.84. The number of fused-ring (bicyclic) bond motifs is 1. The first-order chi connectivity index (χ1) is 7.05. The summed E-state index contributed by atoms with van der Waals surface area (Å²) in [6.07, 6.45) is 0.797. The number of pyridine rings is 1. The molecule has 1 atom stereocenters. The number of hydrogen-bond acceptors (Lipinski definition) is 3. The van der Waals surface area contributed by atoms with E-state index in [1.165, 1.54) is 5.56 Å². The third-order valence-corrected chi connectivity index (χ3v) is 3.47. The fourth-order valence-corrected chi connectivity index (χ4v) is 2.04. The van der Waals surface area contributed by atoms with E-state index in [0.29, 0.717) is 11.7 Å². The monoisotopic (exact) mass is 204 g/mol. The van der Waals surface area contributed by atoms with Crippen LogP contribution in [0.25, 0.3) is 0 Å². The zero-order valence-electron chi connectivity index (χ0n) is 9.37. The molecule has 0 fully saturated rings. The van der Waals surface area contributed by atoms with Crippen molar-refractivity contribution in [3.63, 3.8) is 0 Å². The molecule has 0 saturated carbocycles. The van der Waals surface area contributed by atoms with E-state index in [0.717, 1.165) is 18.5 Å². The number of carbonyl (C=O) groups is 1. The van der Waals surface area contributed by atoms with E-state index >= 15 is 0 Å². The molecular formula is C12H16N2O. The molecule has 0 bridgehead atoms. The second-order valence-corrected chi connectivity index (χ2v) is 4.67. The summed E-state index contributed by atoms with van der Waals surface area (Å²) in [5.74, 6) is 0. The molecule has 1 aromatic rings. The maximum Gasteiger partial charge on any atom is 0.168 e. The fourth-order valence-electron chi connectivity index (χ4n) is 2.04. The first-order valence-electron chi connectivity index (χ1n) is 5.24. The summed E-state index contributed by atoms with van der Waals surface area (Å²) < 4.78 is 0. The van der Waals surface area contributed by atoms with Crippen LogP contribution in [0.5, 0.6) is 0 Å². The molecule has 0 saturated heterocycles. The molecule has 0 spiro atoms. The van der Waals surface area contributed by atoms with Gasteiger partial charge in [-0.25, -0.2) is 4.98 Å². The van der Waals surface area contributed by atoms with Crippen molar-refractivity contribution in [3.8, 4) is 0 Å². The second-order valence-electron chi connectivity index (χ2n) is 4.67. The van der Waals surface area contributed by atoms with E-state index in [-0.39, 0.29) is 5.41 Å². The van der Waals surface area contributed by atoms with Gasteiger partial charge in [-0.05, 0) is 18.6 Å². The zero-order chi connectivity index (χ0) is 11.1. The summed E-state index contributed by atoms with van der Waals surface area (Å²) >= 11 is 0. The van der Waals surface area contributed by atoms with Crippen molar-refractivity contribution >= 4 is 6.29 Å². The van der Waals surface area contributed by atoms with E-state index in [1.54, 1.807) is 6.07 Å². The van der Waals surface area contributed by atoms with Crippen molar-refractivity contribution < 1.29 is 4.79 Å². The molecule has 1 N–H and O–H groups in total. The van der Waals surface area contributed by atoms with Gasteiger partial charge >= 0.3 is 0 Å². The average Bonchev–Trinajstić information content (AvgIpc) is 2.23. The Bertz CT molecular complexity index is 399. The average molecular weight is 204 g/mol. The zero-order valence-corrected chi connectivity index (χ0v) is 9.37. The van der Waals surface area contributed by atoms with Crippen LogP contribution in [-0.4, -0.2) is 17.3 Å². The third kappa shape index (κ3) is 1.57. The number of aromatic nitrogens is 1. The molecule has 0 aliphatic carbocycles. The number of nitrogens with one attached hydrogen (secondary N) is 1. The van der Waals surface area contributed by atoms with E-state index < -0.39 is 0 Å². The van der Waals surface area contributed by atoms with Gasteiger partial charge in [-0.1, -0.05) is 19.9 Å². The highest BCUT2D eigenvalue weighted by Crippen LogP contribution is 2.32. The molecule has 80 valence electrons. The largest absolute Gasteiger partial charge is 0.308 e. The molecular weight excluding hydrogens is 188 g/mol. The Morgan fingerprint density at radius 3 is 2.93 bits per heavy atom. The van der Waals surface area contributed by atoms with E-state index in [4.69, 9.17) is 0 Å². The van der Waals surface area contributed by atoms with Crippen molar-refractivity contribution in [3.05, 3.63) is 29.1 Å². The first-order valence-corrected chi connectivity index (χ1v) is 5.24. The standard InChI is InChI=1S/C12H16N2O/c1-8-12(2,3)10-5-4-9(7-15)14-11(10)6-13-8/h4-5,7-8,13H,6H2,1-3H3. The lowest BCUT2D eigenvalue weighted by atomic mass is 9.75. The van der Waals surface area contributed by atoms with Gasteiger partial charge in [-0.3, -0.25) is 4.79 Å². The number of nitrogens with zero attached hydrogens (tertiary/aromatic N) is 1. The van der Waals surface area contributed by atoms with E-state index in [2.05, 4.69) is 31.1 Å². The lowest BCUT2D eigenvalue weighted by Crippen LogP contribution is -2.47. The fraction of sp³-hybridized carbons (Fsp3) is 0.500. The van der Waals surface area contributed by atoms with Crippen molar-refractivity contribution in [2.75, 3.05) is 0 Å². The maximum absolute atomic E-state index is 10.6. The number of carbonyl (C=O) groups excluding carboxylic acids is 1. The number of hydrogen-bond donors (Lipinski definition) is 1. The number of aldehydes is 1. The normalized spacial score (nSPS) is 23.3. The summed E-state index contributed by atoms with van der Waals surface area (Å²) in [7, 11) is 0. The molecule has 3 nitrogen and oxygen atoms in total. The topological polar surface area (TPSA) is 42.0 Å². The quantitative estimate of drug-likeness (QED) is 0.707. The molecule has 15 heavy (non-hydrogen) atoms. The van der Waals surface area contributed by atoms with Crippen LogP contribution >= 0.6 is 0 Å². The molecule has 1 unspecified atom stereocenters. The van der Waals surface area contributed by atoms with Crippen molar-refractivity contribution in [1.82, 2.24) is 10.3 Å². The van der Waals surface area contributed by atoms with Crippen LogP contribution in [0.1, 0.15) is 42.5 Å². The van der Waals surface area contributed by atoms with Crippen LogP contribution in [0, 0.1) is 0 Å². The highest BCUT2D eigenvalue weighted by Gasteiger charge is 2.34. The molecule has 1 aromatic heterocycles. The van der Waals surface area contributed by atoms with Gasteiger partial charge in [-0.2, -0.15) is 0 Å². The predicted molar refractivity (Wildman–Crippen MR) is 59.0 cm³/mol. The molecule has 0 aromatic carbocycles. The van der Waals surface area contributed by atoms with Crippen LogP contribution in [0.15, 0.2) is 12.1 Å². The Morgan fingerprint density at radius 1 is 1.53 bits per heavy atom. The highest BCUT2D eigenvalue weighted by atomic mass is 16.1. The molecule has 2 rings (SSSR count). The number of rotatable bonds is 1. The Kier molecular flexibility index (Phi) is 2.35. The second kappa shape index (κ2) is 3.42. The third-order valence-electron chi connectivity index (χ3n) is 3.47. The Hall–Kier alpha value is -1.22. The van der Waals surface area contributed by atoms with Crippen LogP contribution in [0.2, 0.25) is 0 Å². The molecule has 2 heterocycles. The van der Waals surface area contributed by atoms with Gasteiger partial charge in [0.1, 0.15) is 5.69 Å². The van der Waals surface area contributed by atoms with Crippen LogP contribution in [0.3, 0.4) is 0 Å². The maximum atomic E-state index is 10.6. The Balaban J connectivity index is 2.52. The lowest BCUT2D eigenvalue weighted by molar-refractivity contribution is 0.111. The van der Waals surface area contributed by atoms with Crippen LogP contribution in [0.4, 0.5) is 0 Å². The summed E-state index contributed by atoms with van der Waals surface area (Å²) in [6, 6.07) is 4.25. The van der Waals surface area contributed by atoms with Crippen LogP contribution in [-0.2, 0) is 12.0 Å². The minimum atomic E-state index is 0.0714. The van der Waals surface area contributed by atoms with Crippen molar-refractivity contribution in [1.29, 1.82) is 0 Å². The van der Waals surface area contributed by atoms with Gasteiger partial charge in [0.2, 0.25) is 0 Å². The van der Waals surface area contributed by atoms with E-state index in [9.17, 15) is 4.79 Å². The smallest absolute Gasteiger partial charge is 0.168 e. The predicted octanol–water partition coefficient (Wildman–Crippen LogP) is 1.66. The molecule has 1 aliphatic rings. The minimum absolute atomic E-state index is 0.0714. The highest BCUT2D eigenvalue weighted by molar-refractivity contribution is 5.71.